The highest BCUT2D eigenvalue weighted by molar-refractivity contribution is 9.10. The average Bonchev–Trinajstić information content (AvgIpc) is 2.61. The van der Waals surface area contributed by atoms with Crippen molar-refractivity contribution in [2.75, 3.05) is 14.2 Å². The van der Waals surface area contributed by atoms with Crippen molar-refractivity contribution in [2.24, 2.45) is 5.10 Å². The maximum absolute atomic E-state index is 12.1. The number of hydrazone groups is 1. The molecule has 0 saturated carbocycles. The Kier molecular flexibility index (Phi) is 6.12. The molecule has 0 aliphatic heterocycles. The van der Waals surface area contributed by atoms with Gasteiger partial charge in [-0.3, -0.25) is 14.9 Å². The molecule has 0 aliphatic carbocycles. The van der Waals surface area contributed by atoms with Crippen molar-refractivity contribution in [1.82, 2.24) is 5.43 Å². The number of carbonyl (C=O) groups is 1. The lowest BCUT2D eigenvalue weighted by atomic mass is 10.1. The number of nitro groups is 1. The Balaban J connectivity index is 2.21. The van der Waals surface area contributed by atoms with Crippen molar-refractivity contribution in [3.8, 4) is 17.2 Å². The van der Waals surface area contributed by atoms with Gasteiger partial charge in [0, 0.05) is 23.8 Å². The standard InChI is InChI=1S/C16H14BrN3O6/c1-25-14-7-15(26-2)12(17)5-9(14)8-18-19-16(22)11-6-10(20(23)24)3-4-13(11)21/h3-8,21H,1-2H3,(H,19,22)/b18-8-. The predicted molar refractivity (Wildman–Crippen MR) is 97.1 cm³/mol. The zero-order valence-corrected chi connectivity index (χ0v) is 15.3. The Morgan fingerprint density at radius 3 is 2.58 bits per heavy atom. The fourth-order valence-electron chi connectivity index (χ4n) is 2.02. The second-order valence-electron chi connectivity index (χ2n) is 4.89. The van der Waals surface area contributed by atoms with E-state index in [4.69, 9.17) is 9.47 Å². The molecule has 136 valence electrons. The molecule has 2 N–H and O–H groups in total. The number of benzene rings is 2. The zero-order valence-electron chi connectivity index (χ0n) is 13.7. The molecule has 0 unspecified atom stereocenters. The summed E-state index contributed by atoms with van der Waals surface area (Å²) in [6.07, 6.45) is 1.33. The number of nitrogens with one attached hydrogen (secondary N) is 1. The first-order chi connectivity index (χ1) is 12.4. The number of aromatic hydroxyl groups is 1. The lowest BCUT2D eigenvalue weighted by Gasteiger charge is -2.09. The number of phenols is 1. The Bertz CT molecular complexity index is 885. The fourth-order valence-corrected chi connectivity index (χ4v) is 2.55. The number of rotatable bonds is 6. The van der Waals surface area contributed by atoms with E-state index in [9.17, 15) is 20.0 Å². The Morgan fingerprint density at radius 1 is 1.27 bits per heavy atom. The van der Waals surface area contributed by atoms with Crippen LogP contribution in [0.2, 0.25) is 0 Å². The minimum Gasteiger partial charge on any atom is -0.507 e. The number of hydrogen-bond donors (Lipinski definition) is 2. The van der Waals surface area contributed by atoms with Crippen LogP contribution in [0.5, 0.6) is 17.2 Å². The van der Waals surface area contributed by atoms with Crippen molar-refractivity contribution >= 4 is 33.7 Å². The van der Waals surface area contributed by atoms with E-state index in [0.29, 0.717) is 21.5 Å². The minimum absolute atomic E-state index is 0.265. The molecule has 0 bridgehead atoms. The Hall–Kier alpha value is -3.14. The third-order valence-corrected chi connectivity index (χ3v) is 3.93. The van der Waals surface area contributed by atoms with E-state index in [1.807, 2.05) is 0 Å². The fraction of sp³-hybridized carbons (Fsp3) is 0.125. The quantitative estimate of drug-likeness (QED) is 0.418. The molecule has 9 nitrogen and oxygen atoms in total. The molecule has 2 aromatic rings. The van der Waals surface area contributed by atoms with Gasteiger partial charge in [-0.1, -0.05) is 0 Å². The number of non-ortho nitro benzene ring substituents is 1. The van der Waals surface area contributed by atoms with Crippen molar-refractivity contribution in [3.63, 3.8) is 0 Å². The molecule has 2 aromatic carbocycles. The van der Waals surface area contributed by atoms with Gasteiger partial charge in [0.1, 0.15) is 17.2 Å². The molecule has 0 fully saturated rings. The highest BCUT2D eigenvalue weighted by Crippen LogP contribution is 2.32. The molecule has 0 heterocycles. The summed E-state index contributed by atoms with van der Waals surface area (Å²) in [6, 6.07) is 6.44. The Morgan fingerprint density at radius 2 is 1.96 bits per heavy atom. The molecule has 0 aliphatic rings. The number of hydrogen-bond acceptors (Lipinski definition) is 7. The van der Waals surface area contributed by atoms with E-state index in [-0.39, 0.29) is 11.3 Å². The van der Waals surface area contributed by atoms with Crippen molar-refractivity contribution < 1.29 is 24.3 Å². The van der Waals surface area contributed by atoms with Crippen LogP contribution in [0.3, 0.4) is 0 Å². The van der Waals surface area contributed by atoms with Crippen LogP contribution >= 0.6 is 15.9 Å². The summed E-state index contributed by atoms with van der Waals surface area (Å²) >= 11 is 3.33. The van der Waals surface area contributed by atoms with E-state index in [1.54, 1.807) is 12.1 Å². The van der Waals surface area contributed by atoms with Crippen LogP contribution < -0.4 is 14.9 Å². The number of halogens is 1. The first kappa shape index (κ1) is 19.2. The molecule has 1 amide bonds. The summed E-state index contributed by atoms with van der Waals surface area (Å²) in [5, 5.41) is 24.3. The number of carbonyl (C=O) groups excluding carboxylic acids is 1. The van der Waals surface area contributed by atoms with Crippen LogP contribution in [0.4, 0.5) is 5.69 Å². The van der Waals surface area contributed by atoms with E-state index in [0.717, 1.165) is 18.2 Å². The second-order valence-corrected chi connectivity index (χ2v) is 5.74. The van der Waals surface area contributed by atoms with Crippen LogP contribution in [0, 0.1) is 10.1 Å². The van der Waals surface area contributed by atoms with Gasteiger partial charge in [0.05, 0.1) is 35.4 Å². The van der Waals surface area contributed by atoms with E-state index >= 15 is 0 Å². The van der Waals surface area contributed by atoms with E-state index in [1.165, 1.54) is 20.4 Å². The molecular weight excluding hydrogens is 410 g/mol. The number of ether oxygens (including phenoxy) is 2. The number of amides is 1. The molecule has 0 atom stereocenters. The van der Waals surface area contributed by atoms with Gasteiger partial charge < -0.3 is 14.6 Å². The average molecular weight is 424 g/mol. The second kappa shape index (κ2) is 8.30. The molecule has 26 heavy (non-hydrogen) atoms. The zero-order chi connectivity index (χ0) is 19.3. The number of nitro benzene ring substituents is 1. The van der Waals surface area contributed by atoms with Gasteiger partial charge in [0.25, 0.3) is 11.6 Å². The molecule has 10 heteroatoms. The minimum atomic E-state index is -0.797. The van der Waals surface area contributed by atoms with Gasteiger partial charge in [-0.05, 0) is 28.1 Å². The van der Waals surface area contributed by atoms with Crippen molar-refractivity contribution in [1.29, 1.82) is 0 Å². The topological polar surface area (TPSA) is 123 Å². The van der Waals surface area contributed by atoms with Gasteiger partial charge in [0.15, 0.2) is 0 Å². The molecule has 0 aromatic heterocycles. The summed E-state index contributed by atoms with van der Waals surface area (Å²) in [6.45, 7) is 0. The maximum atomic E-state index is 12.1. The summed E-state index contributed by atoms with van der Waals surface area (Å²) in [7, 11) is 2.98. The Labute approximate surface area is 156 Å². The lowest BCUT2D eigenvalue weighted by molar-refractivity contribution is -0.384. The van der Waals surface area contributed by atoms with Crippen LogP contribution in [-0.4, -0.2) is 36.4 Å². The van der Waals surface area contributed by atoms with Crippen LogP contribution in [0.15, 0.2) is 39.9 Å². The lowest BCUT2D eigenvalue weighted by Crippen LogP contribution is -2.18. The monoisotopic (exact) mass is 423 g/mol. The van der Waals surface area contributed by atoms with Gasteiger partial charge in [-0.25, -0.2) is 5.43 Å². The summed E-state index contributed by atoms with van der Waals surface area (Å²) < 4.78 is 11.0. The SMILES string of the molecule is COc1cc(OC)c(/C=N\NC(=O)c2cc([N+](=O)[O-])ccc2O)cc1Br. The number of methoxy groups -OCH3 is 2. The third-order valence-electron chi connectivity index (χ3n) is 3.31. The number of nitrogens with zero attached hydrogens (tertiary/aromatic N) is 2. The first-order valence-corrected chi connectivity index (χ1v) is 7.89. The summed E-state index contributed by atoms with van der Waals surface area (Å²) in [5.41, 5.74) is 2.16. The first-order valence-electron chi connectivity index (χ1n) is 7.09. The highest BCUT2D eigenvalue weighted by Gasteiger charge is 2.16. The highest BCUT2D eigenvalue weighted by atomic mass is 79.9. The molecule has 0 saturated heterocycles. The van der Waals surface area contributed by atoms with Gasteiger partial charge in [-0.15, -0.1) is 0 Å². The van der Waals surface area contributed by atoms with Crippen molar-refractivity contribution in [3.05, 3.63) is 56.0 Å². The maximum Gasteiger partial charge on any atom is 0.275 e. The van der Waals surface area contributed by atoms with Gasteiger partial charge in [0.2, 0.25) is 0 Å². The normalized spacial score (nSPS) is 10.6. The third kappa shape index (κ3) is 4.28. The molecular formula is C16H14BrN3O6. The van der Waals surface area contributed by atoms with Crippen LogP contribution in [-0.2, 0) is 0 Å². The molecule has 0 spiro atoms. The molecule has 2 rings (SSSR count). The van der Waals surface area contributed by atoms with Gasteiger partial charge in [-0.2, -0.15) is 5.10 Å². The predicted octanol–water partition coefficient (Wildman–Crippen LogP) is 2.84. The summed E-state index contributed by atoms with van der Waals surface area (Å²) in [4.78, 5) is 22.2. The smallest absolute Gasteiger partial charge is 0.275 e. The van der Waals surface area contributed by atoms with Crippen LogP contribution in [0.25, 0.3) is 0 Å². The van der Waals surface area contributed by atoms with E-state index < -0.39 is 16.6 Å². The number of phenolic OH excluding ortho intramolecular Hbond substituents is 1. The molecule has 0 radical (unpaired) electrons. The van der Waals surface area contributed by atoms with Crippen LogP contribution in [0.1, 0.15) is 15.9 Å². The van der Waals surface area contributed by atoms with Gasteiger partial charge >= 0.3 is 0 Å². The van der Waals surface area contributed by atoms with E-state index in [2.05, 4.69) is 26.5 Å². The largest absolute Gasteiger partial charge is 0.507 e. The summed E-state index contributed by atoms with van der Waals surface area (Å²) in [5.74, 6) is -0.173. The van der Waals surface area contributed by atoms with Crippen molar-refractivity contribution in [2.45, 2.75) is 0 Å².